The van der Waals surface area contributed by atoms with Gasteiger partial charge in [0.2, 0.25) is 0 Å². The van der Waals surface area contributed by atoms with E-state index in [1.165, 1.54) is 0 Å². The lowest BCUT2D eigenvalue weighted by atomic mass is 10.2. The summed E-state index contributed by atoms with van der Waals surface area (Å²) < 4.78 is 5.45. The molecule has 0 aliphatic heterocycles. The fraction of sp³-hybridized carbons (Fsp3) is 0.188. The summed E-state index contributed by atoms with van der Waals surface area (Å²) >= 11 is 0. The highest BCUT2D eigenvalue weighted by Gasteiger charge is 2.07. The van der Waals surface area contributed by atoms with Crippen molar-refractivity contribution in [3.63, 3.8) is 0 Å². The predicted molar refractivity (Wildman–Crippen MR) is 80.9 cm³/mol. The summed E-state index contributed by atoms with van der Waals surface area (Å²) in [5.41, 5.74) is 9.16. The second kappa shape index (κ2) is 6.10. The first-order valence-corrected chi connectivity index (χ1v) is 6.40. The number of amides is 1. The van der Waals surface area contributed by atoms with Gasteiger partial charge in [-0.05, 0) is 43.2 Å². The number of ether oxygens (including phenoxy) is 1. The van der Waals surface area contributed by atoms with E-state index in [1.54, 1.807) is 6.07 Å². The quantitative estimate of drug-likeness (QED) is 0.840. The Labute approximate surface area is 118 Å². The van der Waals surface area contributed by atoms with Gasteiger partial charge in [-0.3, -0.25) is 4.79 Å². The molecule has 2 aromatic carbocycles. The van der Waals surface area contributed by atoms with Crippen LogP contribution >= 0.6 is 0 Å². The summed E-state index contributed by atoms with van der Waals surface area (Å²) in [4.78, 5) is 11.9. The molecule has 4 nitrogen and oxygen atoms in total. The van der Waals surface area contributed by atoms with Crippen LogP contribution in [0.25, 0.3) is 0 Å². The molecule has 0 saturated carbocycles. The molecule has 0 aliphatic carbocycles. The third-order valence-electron chi connectivity index (χ3n) is 2.95. The minimum atomic E-state index is -0.208. The second-order valence-corrected chi connectivity index (χ2v) is 4.69. The van der Waals surface area contributed by atoms with Crippen molar-refractivity contribution < 1.29 is 9.53 Å². The van der Waals surface area contributed by atoms with Gasteiger partial charge in [0.25, 0.3) is 5.91 Å². The number of para-hydroxylation sites is 1. The van der Waals surface area contributed by atoms with Crippen LogP contribution in [0.2, 0.25) is 0 Å². The van der Waals surface area contributed by atoms with Crippen molar-refractivity contribution in [1.29, 1.82) is 0 Å². The monoisotopic (exact) mass is 270 g/mol. The van der Waals surface area contributed by atoms with Gasteiger partial charge in [0, 0.05) is 5.69 Å². The van der Waals surface area contributed by atoms with E-state index < -0.39 is 0 Å². The standard InChI is InChI=1S/C16H18N2O2/c1-11-7-8-13(17)15(9-11)20-10-16(19)18-14-6-4-3-5-12(14)2/h3-9H,10,17H2,1-2H3,(H,18,19). The van der Waals surface area contributed by atoms with Gasteiger partial charge in [0.05, 0.1) is 5.69 Å². The highest BCUT2D eigenvalue weighted by Crippen LogP contribution is 2.22. The Kier molecular flexibility index (Phi) is 4.25. The van der Waals surface area contributed by atoms with Crippen LogP contribution in [0.1, 0.15) is 11.1 Å². The predicted octanol–water partition coefficient (Wildman–Crippen LogP) is 2.90. The normalized spacial score (nSPS) is 10.1. The van der Waals surface area contributed by atoms with E-state index in [1.807, 2.05) is 50.2 Å². The van der Waals surface area contributed by atoms with Crippen LogP contribution < -0.4 is 15.8 Å². The molecule has 0 heterocycles. The van der Waals surface area contributed by atoms with Gasteiger partial charge in [-0.2, -0.15) is 0 Å². The van der Waals surface area contributed by atoms with Gasteiger partial charge in [-0.25, -0.2) is 0 Å². The molecule has 0 bridgehead atoms. The number of hydrogen-bond acceptors (Lipinski definition) is 3. The third-order valence-corrected chi connectivity index (χ3v) is 2.95. The van der Waals surface area contributed by atoms with Crippen LogP contribution in [-0.2, 0) is 4.79 Å². The Morgan fingerprint density at radius 3 is 2.70 bits per heavy atom. The van der Waals surface area contributed by atoms with Crippen LogP contribution in [0.15, 0.2) is 42.5 Å². The minimum Gasteiger partial charge on any atom is -0.482 e. The van der Waals surface area contributed by atoms with Crippen LogP contribution in [-0.4, -0.2) is 12.5 Å². The third kappa shape index (κ3) is 3.51. The number of nitrogens with two attached hydrogens (primary N) is 1. The van der Waals surface area contributed by atoms with E-state index in [9.17, 15) is 4.79 Å². The zero-order chi connectivity index (χ0) is 14.5. The van der Waals surface area contributed by atoms with E-state index in [4.69, 9.17) is 10.5 Å². The molecule has 104 valence electrons. The second-order valence-electron chi connectivity index (χ2n) is 4.69. The van der Waals surface area contributed by atoms with Gasteiger partial charge in [0.1, 0.15) is 5.75 Å². The molecule has 0 aliphatic rings. The molecule has 0 fully saturated rings. The van der Waals surface area contributed by atoms with E-state index in [-0.39, 0.29) is 12.5 Å². The van der Waals surface area contributed by atoms with Crippen molar-refractivity contribution >= 4 is 17.3 Å². The van der Waals surface area contributed by atoms with Crippen LogP contribution in [0, 0.1) is 13.8 Å². The van der Waals surface area contributed by atoms with Gasteiger partial charge in [0.15, 0.2) is 6.61 Å². The van der Waals surface area contributed by atoms with Crippen molar-refractivity contribution in [1.82, 2.24) is 0 Å². The van der Waals surface area contributed by atoms with Crippen molar-refractivity contribution in [2.24, 2.45) is 0 Å². The maximum atomic E-state index is 11.9. The maximum Gasteiger partial charge on any atom is 0.262 e. The van der Waals surface area contributed by atoms with Gasteiger partial charge in [-0.1, -0.05) is 24.3 Å². The molecule has 0 saturated heterocycles. The maximum absolute atomic E-state index is 11.9. The highest BCUT2D eigenvalue weighted by molar-refractivity contribution is 5.92. The van der Waals surface area contributed by atoms with Crippen LogP contribution in [0.3, 0.4) is 0 Å². The number of benzene rings is 2. The summed E-state index contributed by atoms with van der Waals surface area (Å²) in [7, 11) is 0. The molecule has 2 rings (SSSR count). The highest BCUT2D eigenvalue weighted by atomic mass is 16.5. The van der Waals surface area contributed by atoms with E-state index >= 15 is 0 Å². The number of anilines is 2. The summed E-state index contributed by atoms with van der Waals surface area (Å²) in [5.74, 6) is 0.324. The first kappa shape index (κ1) is 13.9. The molecule has 1 amide bonds. The molecule has 0 radical (unpaired) electrons. The zero-order valence-corrected chi connectivity index (χ0v) is 11.6. The van der Waals surface area contributed by atoms with Crippen molar-refractivity contribution in [2.75, 3.05) is 17.7 Å². The van der Waals surface area contributed by atoms with Crippen molar-refractivity contribution in [3.05, 3.63) is 53.6 Å². The number of carbonyl (C=O) groups excluding carboxylic acids is 1. The van der Waals surface area contributed by atoms with Crippen molar-refractivity contribution in [3.8, 4) is 5.75 Å². The van der Waals surface area contributed by atoms with Crippen molar-refractivity contribution in [2.45, 2.75) is 13.8 Å². The molecule has 3 N–H and O–H groups in total. The van der Waals surface area contributed by atoms with Gasteiger partial charge >= 0.3 is 0 Å². The fourth-order valence-electron chi connectivity index (χ4n) is 1.81. The molecule has 0 spiro atoms. The Hall–Kier alpha value is -2.49. The number of aryl methyl sites for hydroxylation is 2. The average Bonchev–Trinajstić information content (AvgIpc) is 2.42. The van der Waals surface area contributed by atoms with Crippen LogP contribution in [0.4, 0.5) is 11.4 Å². The fourth-order valence-corrected chi connectivity index (χ4v) is 1.81. The Bertz CT molecular complexity index is 624. The lowest BCUT2D eigenvalue weighted by molar-refractivity contribution is -0.118. The topological polar surface area (TPSA) is 64.3 Å². The summed E-state index contributed by atoms with van der Waals surface area (Å²) in [6.45, 7) is 3.82. The van der Waals surface area contributed by atoms with E-state index in [0.29, 0.717) is 11.4 Å². The first-order chi connectivity index (χ1) is 9.56. The van der Waals surface area contributed by atoms with Crippen LogP contribution in [0.5, 0.6) is 5.75 Å². The largest absolute Gasteiger partial charge is 0.482 e. The zero-order valence-electron chi connectivity index (χ0n) is 11.6. The number of nitrogen functional groups attached to an aromatic ring is 1. The first-order valence-electron chi connectivity index (χ1n) is 6.40. The van der Waals surface area contributed by atoms with E-state index in [2.05, 4.69) is 5.32 Å². The van der Waals surface area contributed by atoms with Gasteiger partial charge in [-0.15, -0.1) is 0 Å². The molecule has 0 aromatic heterocycles. The number of nitrogens with one attached hydrogen (secondary N) is 1. The number of rotatable bonds is 4. The Balaban J connectivity index is 1.96. The molecule has 20 heavy (non-hydrogen) atoms. The summed E-state index contributed by atoms with van der Waals surface area (Å²) in [5, 5.41) is 2.81. The van der Waals surface area contributed by atoms with E-state index in [0.717, 1.165) is 16.8 Å². The molecule has 0 unspecified atom stereocenters. The lowest BCUT2D eigenvalue weighted by Crippen LogP contribution is -2.21. The minimum absolute atomic E-state index is 0.0675. The molecule has 4 heteroatoms. The summed E-state index contributed by atoms with van der Waals surface area (Å²) in [6.07, 6.45) is 0. The number of carbonyl (C=O) groups is 1. The molecule has 0 atom stereocenters. The summed E-state index contributed by atoms with van der Waals surface area (Å²) in [6, 6.07) is 13.1. The number of hydrogen-bond donors (Lipinski definition) is 2. The smallest absolute Gasteiger partial charge is 0.262 e. The molecule has 2 aromatic rings. The average molecular weight is 270 g/mol. The van der Waals surface area contributed by atoms with Gasteiger partial charge < -0.3 is 15.8 Å². The Morgan fingerprint density at radius 1 is 1.20 bits per heavy atom. The molecular weight excluding hydrogens is 252 g/mol. The molecular formula is C16H18N2O2. The lowest BCUT2D eigenvalue weighted by Gasteiger charge is -2.11. The Morgan fingerprint density at radius 2 is 1.95 bits per heavy atom. The SMILES string of the molecule is Cc1ccc(N)c(OCC(=O)Nc2ccccc2C)c1.